The van der Waals surface area contributed by atoms with E-state index in [4.69, 9.17) is 25.8 Å². The van der Waals surface area contributed by atoms with Crippen molar-refractivity contribution in [1.29, 1.82) is 0 Å². The lowest BCUT2D eigenvalue weighted by molar-refractivity contribution is -0.124. The summed E-state index contributed by atoms with van der Waals surface area (Å²) in [6.07, 6.45) is 11.8. The third-order valence-electron chi connectivity index (χ3n) is 7.67. The van der Waals surface area contributed by atoms with Crippen LogP contribution in [0.4, 0.5) is 4.79 Å². The van der Waals surface area contributed by atoms with Crippen molar-refractivity contribution in [2.24, 2.45) is 5.92 Å². The lowest BCUT2D eigenvalue weighted by Gasteiger charge is -2.39. The maximum absolute atomic E-state index is 13.6. The number of H-pyrrole nitrogens is 1. The summed E-state index contributed by atoms with van der Waals surface area (Å²) in [4.78, 5) is 31.1. The molecule has 0 spiro atoms. The summed E-state index contributed by atoms with van der Waals surface area (Å²) in [6, 6.07) is 5.56. The first kappa shape index (κ1) is 28.8. The van der Waals surface area contributed by atoms with E-state index in [-0.39, 0.29) is 30.6 Å². The molecule has 9 nitrogen and oxygen atoms in total. The molecule has 2 aliphatic carbocycles. The second-order valence-corrected chi connectivity index (χ2v) is 10.7. The van der Waals surface area contributed by atoms with Crippen LogP contribution in [0.1, 0.15) is 43.5 Å². The van der Waals surface area contributed by atoms with Gasteiger partial charge in [0.15, 0.2) is 6.61 Å². The molecule has 0 fully saturated rings. The van der Waals surface area contributed by atoms with Crippen molar-refractivity contribution in [2.45, 2.75) is 38.6 Å². The van der Waals surface area contributed by atoms with Gasteiger partial charge in [-0.1, -0.05) is 24.6 Å². The zero-order valence-electron chi connectivity index (χ0n) is 23.5. The van der Waals surface area contributed by atoms with E-state index in [1.807, 2.05) is 48.3 Å². The Labute approximate surface area is 245 Å². The molecule has 0 saturated carbocycles. The van der Waals surface area contributed by atoms with Crippen LogP contribution in [0.3, 0.4) is 0 Å². The number of amides is 2. The van der Waals surface area contributed by atoms with E-state index in [9.17, 15) is 9.59 Å². The van der Waals surface area contributed by atoms with Crippen molar-refractivity contribution in [2.75, 3.05) is 39.9 Å². The number of allylic oxidation sites excluding steroid dienone is 6. The van der Waals surface area contributed by atoms with Crippen LogP contribution in [-0.4, -0.2) is 61.8 Å². The molecule has 10 heteroatoms. The fraction of sp³-hybridized carbons (Fsp3) is 0.419. The highest BCUT2D eigenvalue weighted by molar-refractivity contribution is 6.31. The number of aromatic amines is 1. The van der Waals surface area contributed by atoms with Gasteiger partial charge in [-0.05, 0) is 67.5 Å². The number of nitrogens with zero attached hydrogens (tertiary/aromatic N) is 1. The van der Waals surface area contributed by atoms with Gasteiger partial charge >= 0.3 is 6.09 Å². The summed E-state index contributed by atoms with van der Waals surface area (Å²) in [5.74, 6) is 1.95. The van der Waals surface area contributed by atoms with Gasteiger partial charge in [0.05, 0.1) is 18.9 Å². The number of nitrogens with one attached hydrogen (secondary N) is 3. The molecule has 0 saturated heterocycles. The van der Waals surface area contributed by atoms with Gasteiger partial charge in [-0.3, -0.25) is 9.69 Å². The van der Waals surface area contributed by atoms with Crippen LogP contribution in [0.5, 0.6) is 0 Å². The summed E-state index contributed by atoms with van der Waals surface area (Å²) in [7, 11) is 1.64. The predicted octanol–water partition coefficient (Wildman–Crippen LogP) is 5.27. The van der Waals surface area contributed by atoms with Gasteiger partial charge in [0.2, 0.25) is 0 Å². The van der Waals surface area contributed by atoms with Crippen molar-refractivity contribution >= 4 is 34.5 Å². The number of hydrogen-bond acceptors (Lipinski definition) is 6. The lowest BCUT2D eigenvalue weighted by Crippen LogP contribution is -2.43. The van der Waals surface area contributed by atoms with Crippen molar-refractivity contribution in [3.63, 3.8) is 0 Å². The topological polar surface area (TPSA) is 105 Å². The minimum Gasteiger partial charge on any atom is -0.501 e. The van der Waals surface area contributed by atoms with Gasteiger partial charge < -0.3 is 29.8 Å². The third kappa shape index (κ3) is 6.80. The molecular weight excluding hydrogens is 544 g/mol. The Morgan fingerprint density at radius 2 is 1.98 bits per heavy atom. The average molecular weight is 581 g/mol. The SMILES string of the molecule is CCNCCNC(=O)COC1=CCC(C2c3[nH]c4ccc(Cl)cc4c3CCN2C(=O)OC2=CC=C(OC)CC2)C=C1. The normalized spacial score (nSPS) is 20.1. The number of aromatic nitrogens is 1. The minimum atomic E-state index is -0.369. The molecule has 1 aromatic carbocycles. The van der Waals surface area contributed by atoms with Gasteiger partial charge in [0, 0.05) is 60.0 Å². The molecule has 0 bridgehead atoms. The van der Waals surface area contributed by atoms with Crippen molar-refractivity contribution in [3.8, 4) is 0 Å². The van der Waals surface area contributed by atoms with E-state index in [1.165, 1.54) is 5.56 Å². The highest BCUT2D eigenvalue weighted by atomic mass is 35.5. The van der Waals surface area contributed by atoms with E-state index in [0.717, 1.165) is 35.4 Å². The molecule has 2 aromatic rings. The number of halogens is 1. The van der Waals surface area contributed by atoms with E-state index < -0.39 is 0 Å². The second kappa shape index (κ2) is 13.3. The minimum absolute atomic E-state index is 0.0215. The fourth-order valence-corrected chi connectivity index (χ4v) is 5.76. The number of ether oxygens (including phenoxy) is 3. The van der Waals surface area contributed by atoms with Crippen LogP contribution in [0.2, 0.25) is 5.02 Å². The monoisotopic (exact) mass is 580 g/mol. The molecule has 1 aliphatic heterocycles. The first-order chi connectivity index (χ1) is 20.0. The van der Waals surface area contributed by atoms with E-state index in [0.29, 0.717) is 55.3 Å². The molecule has 5 rings (SSSR count). The largest absolute Gasteiger partial charge is 0.501 e. The van der Waals surface area contributed by atoms with Crippen molar-refractivity contribution < 1.29 is 23.8 Å². The molecule has 2 atom stereocenters. The standard InChI is InChI=1S/C31H37ClN4O5/c1-3-33-15-16-34-28(37)19-40-23-7-4-20(5-8-23)30-29-25(26-18-21(32)6-13-27(26)35-29)14-17-36(30)31(38)41-24-11-9-22(39-2)10-12-24/h4,6-9,11,13,18,20,30,33,35H,3,5,10,12,14-17,19H2,1-2H3,(H,34,37). The van der Waals surface area contributed by atoms with Gasteiger partial charge in [-0.15, -0.1) is 0 Å². The zero-order valence-corrected chi connectivity index (χ0v) is 24.3. The Morgan fingerprint density at radius 1 is 1.15 bits per heavy atom. The highest BCUT2D eigenvalue weighted by Crippen LogP contribution is 2.42. The molecule has 3 aliphatic rings. The number of likely N-dealkylation sites (N-methyl/N-ethyl adjacent to an activating group) is 1. The summed E-state index contributed by atoms with van der Waals surface area (Å²) in [6.45, 7) is 4.63. The molecule has 0 radical (unpaired) electrons. The van der Waals surface area contributed by atoms with Crippen LogP contribution in [-0.2, 0) is 25.4 Å². The van der Waals surface area contributed by atoms with Gasteiger partial charge in [-0.2, -0.15) is 0 Å². The maximum Gasteiger partial charge on any atom is 0.415 e. The van der Waals surface area contributed by atoms with E-state index >= 15 is 0 Å². The Kier molecular flexibility index (Phi) is 9.36. The Balaban J connectivity index is 1.32. The number of carbonyl (C=O) groups is 2. The molecule has 3 N–H and O–H groups in total. The summed E-state index contributed by atoms with van der Waals surface area (Å²) >= 11 is 6.34. The molecule has 2 heterocycles. The molecule has 1 aromatic heterocycles. The number of fused-ring (bicyclic) bond motifs is 3. The Bertz CT molecular complexity index is 1410. The smallest absolute Gasteiger partial charge is 0.415 e. The Morgan fingerprint density at radius 3 is 2.71 bits per heavy atom. The average Bonchev–Trinajstić information content (AvgIpc) is 3.36. The van der Waals surface area contributed by atoms with E-state index in [2.05, 4.69) is 21.7 Å². The van der Waals surface area contributed by atoms with E-state index in [1.54, 1.807) is 13.2 Å². The number of benzene rings is 1. The van der Waals surface area contributed by atoms with Crippen LogP contribution in [0.25, 0.3) is 10.9 Å². The highest BCUT2D eigenvalue weighted by Gasteiger charge is 2.39. The summed E-state index contributed by atoms with van der Waals surface area (Å²) in [5.41, 5.74) is 3.17. The third-order valence-corrected chi connectivity index (χ3v) is 7.91. The maximum atomic E-state index is 13.6. The summed E-state index contributed by atoms with van der Waals surface area (Å²) < 4.78 is 16.9. The van der Waals surface area contributed by atoms with Gasteiger partial charge in [0.1, 0.15) is 11.5 Å². The second-order valence-electron chi connectivity index (χ2n) is 10.3. The van der Waals surface area contributed by atoms with Crippen LogP contribution in [0.15, 0.2) is 65.9 Å². The van der Waals surface area contributed by atoms with Crippen molar-refractivity contribution in [3.05, 3.63) is 82.1 Å². The van der Waals surface area contributed by atoms with Gasteiger partial charge in [-0.25, -0.2) is 4.79 Å². The molecule has 218 valence electrons. The quantitative estimate of drug-likeness (QED) is 0.331. The lowest BCUT2D eigenvalue weighted by atomic mass is 9.84. The molecule has 41 heavy (non-hydrogen) atoms. The van der Waals surface area contributed by atoms with Crippen LogP contribution >= 0.6 is 11.6 Å². The zero-order chi connectivity index (χ0) is 28.8. The molecule has 2 unspecified atom stereocenters. The van der Waals surface area contributed by atoms with Crippen LogP contribution < -0.4 is 10.6 Å². The number of carbonyl (C=O) groups excluding carboxylic acids is 2. The first-order valence-corrected chi connectivity index (χ1v) is 14.5. The fourth-order valence-electron chi connectivity index (χ4n) is 5.59. The first-order valence-electron chi connectivity index (χ1n) is 14.2. The Hall–Kier alpha value is -3.69. The number of rotatable bonds is 10. The number of methoxy groups -OCH3 is 1. The predicted molar refractivity (Wildman–Crippen MR) is 158 cm³/mol. The molecule has 2 amide bonds. The van der Waals surface area contributed by atoms with Crippen molar-refractivity contribution in [1.82, 2.24) is 20.5 Å². The number of hydrogen-bond donors (Lipinski definition) is 3. The van der Waals surface area contributed by atoms with Crippen LogP contribution in [0, 0.1) is 5.92 Å². The van der Waals surface area contributed by atoms with Gasteiger partial charge in [0.25, 0.3) is 5.91 Å². The summed E-state index contributed by atoms with van der Waals surface area (Å²) in [5, 5.41) is 7.76. The molecular formula is C31H37ClN4O5.